The molecule has 1 atom stereocenters. The van der Waals surface area contributed by atoms with Gasteiger partial charge < -0.3 is 10.4 Å². The lowest BCUT2D eigenvalue weighted by Crippen LogP contribution is -2.22. The van der Waals surface area contributed by atoms with Crippen molar-refractivity contribution in [2.45, 2.75) is 25.9 Å². The molecule has 0 aromatic heterocycles. The van der Waals surface area contributed by atoms with Gasteiger partial charge in [0, 0.05) is 19.2 Å². The molecule has 0 radical (unpaired) electrons. The first kappa shape index (κ1) is 13.8. The Kier molecular flexibility index (Phi) is 5.13. The molecular formula is C17H21NO. The van der Waals surface area contributed by atoms with Crippen LogP contribution in [0.3, 0.4) is 0 Å². The van der Waals surface area contributed by atoms with Gasteiger partial charge in [0.05, 0.1) is 0 Å². The SMILES string of the molecule is Cc1ccccc1CN[C@H](CCO)c1ccccc1. The van der Waals surface area contributed by atoms with Crippen LogP contribution >= 0.6 is 0 Å². The Hall–Kier alpha value is -1.64. The summed E-state index contributed by atoms with van der Waals surface area (Å²) in [6.07, 6.45) is 0.732. The molecule has 2 aromatic rings. The van der Waals surface area contributed by atoms with Crippen molar-refractivity contribution in [1.29, 1.82) is 0 Å². The van der Waals surface area contributed by atoms with E-state index in [1.165, 1.54) is 16.7 Å². The average Bonchev–Trinajstić information content (AvgIpc) is 2.46. The molecule has 0 aliphatic heterocycles. The summed E-state index contributed by atoms with van der Waals surface area (Å²) < 4.78 is 0. The highest BCUT2D eigenvalue weighted by molar-refractivity contribution is 5.26. The third kappa shape index (κ3) is 3.91. The molecule has 0 saturated carbocycles. The number of aliphatic hydroxyl groups excluding tert-OH is 1. The maximum Gasteiger partial charge on any atom is 0.0449 e. The molecule has 2 heteroatoms. The van der Waals surface area contributed by atoms with E-state index in [1.807, 2.05) is 18.2 Å². The van der Waals surface area contributed by atoms with E-state index in [0.29, 0.717) is 0 Å². The lowest BCUT2D eigenvalue weighted by molar-refractivity contribution is 0.265. The molecule has 0 heterocycles. The summed E-state index contributed by atoms with van der Waals surface area (Å²) in [4.78, 5) is 0. The summed E-state index contributed by atoms with van der Waals surface area (Å²) in [6.45, 7) is 3.15. The Bertz CT molecular complexity index is 496. The molecule has 0 unspecified atom stereocenters. The van der Waals surface area contributed by atoms with E-state index < -0.39 is 0 Å². The second-order valence-electron chi connectivity index (χ2n) is 4.78. The van der Waals surface area contributed by atoms with Crippen molar-refractivity contribution >= 4 is 0 Å². The zero-order valence-electron chi connectivity index (χ0n) is 11.3. The molecule has 0 fully saturated rings. The van der Waals surface area contributed by atoms with Crippen molar-refractivity contribution in [3.05, 3.63) is 71.3 Å². The summed E-state index contributed by atoms with van der Waals surface area (Å²) in [5.41, 5.74) is 3.83. The van der Waals surface area contributed by atoms with Crippen molar-refractivity contribution in [3.63, 3.8) is 0 Å². The van der Waals surface area contributed by atoms with Gasteiger partial charge in [-0.15, -0.1) is 0 Å². The minimum atomic E-state index is 0.195. The molecule has 0 aliphatic rings. The van der Waals surface area contributed by atoms with E-state index in [-0.39, 0.29) is 12.6 Å². The fourth-order valence-corrected chi connectivity index (χ4v) is 2.24. The lowest BCUT2D eigenvalue weighted by Gasteiger charge is -2.19. The number of aliphatic hydroxyl groups is 1. The molecule has 0 amide bonds. The molecular weight excluding hydrogens is 234 g/mol. The molecule has 2 rings (SSSR count). The first-order valence-electron chi connectivity index (χ1n) is 6.75. The molecule has 0 saturated heterocycles. The topological polar surface area (TPSA) is 32.3 Å². The van der Waals surface area contributed by atoms with Gasteiger partial charge in [-0.25, -0.2) is 0 Å². The van der Waals surface area contributed by atoms with Gasteiger partial charge in [0.15, 0.2) is 0 Å². The fraction of sp³-hybridized carbons (Fsp3) is 0.294. The van der Waals surface area contributed by atoms with Gasteiger partial charge in [0.1, 0.15) is 0 Å². The maximum atomic E-state index is 9.21. The van der Waals surface area contributed by atoms with Crippen molar-refractivity contribution in [3.8, 4) is 0 Å². The molecule has 100 valence electrons. The predicted molar refractivity (Wildman–Crippen MR) is 78.9 cm³/mol. The van der Waals surface area contributed by atoms with E-state index in [4.69, 9.17) is 0 Å². The monoisotopic (exact) mass is 255 g/mol. The standard InChI is InChI=1S/C17H21NO/c1-14-7-5-6-10-16(14)13-18-17(11-12-19)15-8-3-2-4-9-15/h2-10,17-19H,11-13H2,1H3/t17-/m1/s1. The van der Waals surface area contributed by atoms with Crippen molar-refractivity contribution in [2.75, 3.05) is 6.61 Å². The fourth-order valence-electron chi connectivity index (χ4n) is 2.24. The van der Waals surface area contributed by atoms with E-state index in [0.717, 1.165) is 13.0 Å². The van der Waals surface area contributed by atoms with E-state index in [1.54, 1.807) is 0 Å². The van der Waals surface area contributed by atoms with Crippen LogP contribution < -0.4 is 5.32 Å². The van der Waals surface area contributed by atoms with Crippen LogP contribution in [-0.2, 0) is 6.54 Å². The summed E-state index contributed by atoms with van der Waals surface area (Å²) in [6, 6.07) is 18.9. The summed E-state index contributed by atoms with van der Waals surface area (Å²) in [7, 11) is 0. The molecule has 2 nitrogen and oxygen atoms in total. The molecule has 2 N–H and O–H groups in total. The number of aryl methyl sites for hydroxylation is 1. The third-order valence-corrected chi connectivity index (χ3v) is 3.42. The van der Waals surface area contributed by atoms with Crippen LogP contribution in [0.15, 0.2) is 54.6 Å². The Labute approximate surface area is 115 Å². The Morgan fingerprint density at radius 3 is 2.37 bits per heavy atom. The quantitative estimate of drug-likeness (QED) is 0.830. The second-order valence-corrected chi connectivity index (χ2v) is 4.78. The number of benzene rings is 2. The Balaban J connectivity index is 2.04. The largest absolute Gasteiger partial charge is 0.396 e. The first-order chi connectivity index (χ1) is 9.31. The minimum Gasteiger partial charge on any atom is -0.396 e. The highest BCUT2D eigenvalue weighted by Gasteiger charge is 2.10. The van der Waals surface area contributed by atoms with E-state index in [9.17, 15) is 5.11 Å². The number of nitrogens with one attached hydrogen (secondary N) is 1. The molecule has 0 bridgehead atoms. The van der Waals surface area contributed by atoms with Crippen LogP contribution in [0.25, 0.3) is 0 Å². The Morgan fingerprint density at radius 2 is 1.68 bits per heavy atom. The van der Waals surface area contributed by atoms with Crippen LogP contribution in [-0.4, -0.2) is 11.7 Å². The van der Waals surface area contributed by atoms with Crippen LogP contribution in [0.5, 0.6) is 0 Å². The molecule has 0 aliphatic carbocycles. The molecule has 0 spiro atoms. The van der Waals surface area contributed by atoms with Crippen LogP contribution in [0.2, 0.25) is 0 Å². The molecule has 2 aromatic carbocycles. The Morgan fingerprint density at radius 1 is 1.00 bits per heavy atom. The van der Waals surface area contributed by atoms with E-state index >= 15 is 0 Å². The van der Waals surface area contributed by atoms with Crippen LogP contribution in [0.4, 0.5) is 0 Å². The van der Waals surface area contributed by atoms with Crippen molar-refractivity contribution in [2.24, 2.45) is 0 Å². The maximum absolute atomic E-state index is 9.21. The predicted octanol–water partition coefficient (Wildman–Crippen LogP) is 3.21. The molecule has 19 heavy (non-hydrogen) atoms. The zero-order chi connectivity index (χ0) is 13.5. The highest BCUT2D eigenvalue weighted by atomic mass is 16.3. The van der Waals surface area contributed by atoms with Gasteiger partial charge in [-0.1, -0.05) is 54.6 Å². The van der Waals surface area contributed by atoms with Gasteiger partial charge in [0.2, 0.25) is 0 Å². The summed E-state index contributed by atoms with van der Waals surface area (Å²) in [5.74, 6) is 0. The van der Waals surface area contributed by atoms with Crippen LogP contribution in [0, 0.1) is 6.92 Å². The summed E-state index contributed by atoms with van der Waals surface area (Å²) in [5, 5.41) is 12.7. The van der Waals surface area contributed by atoms with Crippen molar-refractivity contribution in [1.82, 2.24) is 5.32 Å². The normalized spacial score (nSPS) is 12.3. The number of hydrogen-bond donors (Lipinski definition) is 2. The zero-order valence-corrected chi connectivity index (χ0v) is 11.3. The van der Waals surface area contributed by atoms with Gasteiger partial charge in [-0.05, 0) is 30.0 Å². The van der Waals surface area contributed by atoms with Gasteiger partial charge in [-0.3, -0.25) is 0 Å². The van der Waals surface area contributed by atoms with Gasteiger partial charge >= 0.3 is 0 Å². The highest BCUT2D eigenvalue weighted by Crippen LogP contribution is 2.17. The minimum absolute atomic E-state index is 0.195. The van der Waals surface area contributed by atoms with E-state index in [2.05, 4.69) is 48.6 Å². The van der Waals surface area contributed by atoms with Gasteiger partial charge in [-0.2, -0.15) is 0 Å². The smallest absolute Gasteiger partial charge is 0.0449 e. The van der Waals surface area contributed by atoms with Crippen LogP contribution in [0.1, 0.15) is 29.2 Å². The third-order valence-electron chi connectivity index (χ3n) is 3.42. The number of rotatable bonds is 6. The summed E-state index contributed by atoms with van der Waals surface area (Å²) >= 11 is 0. The van der Waals surface area contributed by atoms with Crippen molar-refractivity contribution < 1.29 is 5.11 Å². The number of hydrogen-bond acceptors (Lipinski definition) is 2. The lowest BCUT2D eigenvalue weighted by atomic mass is 10.0. The first-order valence-corrected chi connectivity index (χ1v) is 6.75. The van der Waals surface area contributed by atoms with Gasteiger partial charge in [0.25, 0.3) is 0 Å². The average molecular weight is 255 g/mol. The second kappa shape index (κ2) is 7.07.